The van der Waals surface area contributed by atoms with Crippen molar-refractivity contribution in [1.82, 2.24) is 24.9 Å². The predicted molar refractivity (Wildman–Crippen MR) is 91.1 cm³/mol. The summed E-state index contributed by atoms with van der Waals surface area (Å²) >= 11 is 6.28. The number of carbonyl (C=O) groups is 2. The number of rotatable bonds is 1. The third-order valence-electron chi connectivity index (χ3n) is 5.37. The van der Waals surface area contributed by atoms with Crippen LogP contribution in [0, 0.1) is 6.92 Å². The van der Waals surface area contributed by atoms with E-state index in [-0.39, 0.29) is 17.4 Å². The molecule has 2 aliphatic heterocycles. The Labute approximate surface area is 146 Å². The number of nitrogens with one attached hydrogen (secondary N) is 1. The van der Waals surface area contributed by atoms with Crippen LogP contribution in [0.4, 0.5) is 0 Å². The third-order valence-corrected chi connectivity index (χ3v) is 5.82. The normalized spacial score (nSPS) is 25.7. The first kappa shape index (κ1) is 17.2. The van der Waals surface area contributed by atoms with E-state index in [4.69, 9.17) is 11.6 Å². The molecule has 2 aliphatic rings. The summed E-state index contributed by atoms with van der Waals surface area (Å²) in [6.07, 6.45) is 2.10. The highest BCUT2D eigenvalue weighted by Gasteiger charge is 2.42. The molecule has 8 heteroatoms. The average Bonchev–Trinajstić information content (AvgIpc) is 2.69. The molecule has 0 radical (unpaired) electrons. The topological polar surface area (TPSA) is 70.5 Å². The Kier molecular flexibility index (Phi) is 4.57. The maximum absolute atomic E-state index is 13.0. The van der Waals surface area contributed by atoms with Crippen molar-refractivity contribution in [3.05, 3.63) is 16.4 Å². The molecule has 0 saturated carbocycles. The Balaban J connectivity index is 1.85. The minimum atomic E-state index is -0.160. The standard InChI is InChI=1S/C16H24ClN5O2/c1-11-13(17)14(21(3)19-11)15(24)22-9-8-20(2)16(10-22)5-4-12(23)18-7-6-16/h4-10H2,1-3H3,(H,18,23)/t16-/m0/s1. The second kappa shape index (κ2) is 6.37. The monoisotopic (exact) mass is 353 g/mol. The maximum atomic E-state index is 13.0. The lowest BCUT2D eigenvalue weighted by Crippen LogP contribution is -2.62. The van der Waals surface area contributed by atoms with Crippen LogP contribution in [0.1, 0.15) is 35.4 Å². The summed E-state index contributed by atoms with van der Waals surface area (Å²) in [5.41, 5.74) is 0.944. The minimum absolute atomic E-state index is 0.0842. The molecule has 1 spiro atoms. The van der Waals surface area contributed by atoms with Gasteiger partial charge in [-0.3, -0.25) is 19.2 Å². The van der Waals surface area contributed by atoms with E-state index >= 15 is 0 Å². The van der Waals surface area contributed by atoms with Crippen molar-refractivity contribution in [1.29, 1.82) is 0 Å². The van der Waals surface area contributed by atoms with E-state index in [9.17, 15) is 9.59 Å². The zero-order valence-corrected chi connectivity index (χ0v) is 15.2. The first-order valence-electron chi connectivity index (χ1n) is 8.30. The van der Waals surface area contributed by atoms with Gasteiger partial charge in [0, 0.05) is 45.2 Å². The molecule has 2 amide bonds. The summed E-state index contributed by atoms with van der Waals surface area (Å²) in [5, 5.41) is 7.60. The van der Waals surface area contributed by atoms with Crippen molar-refractivity contribution in [2.45, 2.75) is 31.7 Å². The molecular formula is C16H24ClN5O2. The van der Waals surface area contributed by atoms with Crippen molar-refractivity contribution >= 4 is 23.4 Å². The molecule has 1 N–H and O–H groups in total. The highest BCUT2D eigenvalue weighted by atomic mass is 35.5. The molecule has 24 heavy (non-hydrogen) atoms. The number of likely N-dealkylation sites (N-methyl/N-ethyl adjacent to an activating group) is 1. The summed E-state index contributed by atoms with van der Waals surface area (Å²) in [6.45, 7) is 4.50. The Bertz CT molecular complexity index is 674. The van der Waals surface area contributed by atoms with Crippen molar-refractivity contribution in [2.75, 3.05) is 33.2 Å². The van der Waals surface area contributed by atoms with Crippen molar-refractivity contribution in [3.8, 4) is 0 Å². The van der Waals surface area contributed by atoms with Gasteiger partial charge in [0.2, 0.25) is 5.91 Å². The zero-order chi connectivity index (χ0) is 17.5. The highest BCUT2D eigenvalue weighted by Crippen LogP contribution is 2.31. The molecule has 2 saturated heterocycles. The van der Waals surface area contributed by atoms with Crippen LogP contribution in [0.2, 0.25) is 5.02 Å². The summed E-state index contributed by atoms with van der Waals surface area (Å²) in [7, 11) is 3.82. The number of hydrogen-bond acceptors (Lipinski definition) is 4. The summed E-state index contributed by atoms with van der Waals surface area (Å²) in [4.78, 5) is 28.9. The summed E-state index contributed by atoms with van der Waals surface area (Å²) < 4.78 is 1.56. The number of aromatic nitrogens is 2. The zero-order valence-electron chi connectivity index (χ0n) is 14.4. The van der Waals surface area contributed by atoms with Crippen LogP contribution < -0.4 is 5.32 Å². The van der Waals surface area contributed by atoms with Crippen LogP contribution in [-0.2, 0) is 11.8 Å². The van der Waals surface area contributed by atoms with Crippen LogP contribution in [-0.4, -0.2) is 70.2 Å². The van der Waals surface area contributed by atoms with E-state index in [2.05, 4.69) is 22.4 Å². The number of nitrogens with zero attached hydrogens (tertiary/aromatic N) is 4. The van der Waals surface area contributed by atoms with Gasteiger partial charge >= 0.3 is 0 Å². The predicted octanol–water partition coefficient (Wildman–Crippen LogP) is 0.808. The van der Waals surface area contributed by atoms with Gasteiger partial charge in [-0.05, 0) is 26.8 Å². The van der Waals surface area contributed by atoms with Gasteiger partial charge in [0.15, 0.2) is 0 Å². The first-order chi connectivity index (χ1) is 11.3. The van der Waals surface area contributed by atoms with Gasteiger partial charge in [0.25, 0.3) is 5.91 Å². The molecule has 2 fully saturated rings. The fourth-order valence-electron chi connectivity index (χ4n) is 3.78. The first-order valence-corrected chi connectivity index (χ1v) is 8.68. The summed E-state index contributed by atoms with van der Waals surface area (Å²) in [6, 6.07) is 0. The van der Waals surface area contributed by atoms with E-state index in [0.29, 0.717) is 42.5 Å². The van der Waals surface area contributed by atoms with Crippen molar-refractivity contribution in [3.63, 3.8) is 0 Å². The second-order valence-electron chi connectivity index (χ2n) is 6.84. The number of amides is 2. The van der Waals surface area contributed by atoms with Gasteiger partial charge in [0.1, 0.15) is 5.69 Å². The summed E-state index contributed by atoms with van der Waals surface area (Å²) in [5.74, 6) is 0.00753. The Morgan fingerprint density at radius 1 is 1.29 bits per heavy atom. The van der Waals surface area contributed by atoms with E-state index in [0.717, 1.165) is 19.4 Å². The number of halogens is 1. The van der Waals surface area contributed by atoms with Gasteiger partial charge in [-0.25, -0.2) is 0 Å². The molecule has 0 bridgehead atoms. The lowest BCUT2D eigenvalue weighted by atomic mass is 9.86. The molecule has 0 aromatic carbocycles. The molecule has 132 valence electrons. The van der Waals surface area contributed by atoms with E-state index in [1.807, 2.05) is 4.90 Å². The van der Waals surface area contributed by atoms with Crippen LogP contribution in [0.3, 0.4) is 0 Å². The molecule has 0 aliphatic carbocycles. The van der Waals surface area contributed by atoms with Gasteiger partial charge in [-0.1, -0.05) is 11.6 Å². The van der Waals surface area contributed by atoms with E-state index in [1.165, 1.54) is 0 Å². The number of aryl methyl sites for hydroxylation is 2. The van der Waals surface area contributed by atoms with Crippen molar-refractivity contribution < 1.29 is 9.59 Å². The van der Waals surface area contributed by atoms with E-state index in [1.54, 1.807) is 18.7 Å². The second-order valence-corrected chi connectivity index (χ2v) is 7.22. The molecule has 1 aromatic rings. The Morgan fingerprint density at radius 3 is 2.71 bits per heavy atom. The molecular weight excluding hydrogens is 330 g/mol. The molecule has 3 heterocycles. The third kappa shape index (κ3) is 2.91. The smallest absolute Gasteiger partial charge is 0.273 e. The van der Waals surface area contributed by atoms with Crippen LogP contribution in [0.25, 0.3) is 0 Å². The van der Waals surface area contributed by atoms with Crippen LogP contribution in [0.15, 0.2) is 0 Å². The average molecular weight is 354 g/mol. The van der Waals surface area contributed by atoms with Gasteiger partial charge in [-0.15, -0.1) is 0 Å². The van der Waals surface area contributed by atoms with E-state index < -0.39 is 0 Å². The largest absolute Gasteiger partial charge is 0.356 e. The molecule has 3 rings (SSSR count). The lowest BCUT2D eigenvalue weighted by molar-refractivity contribution is -0.121. The minimum Gasteiger partial charge on any atom is -0.356 e. The van der Waals surface area contributed by atoms with Gasteiger partial charge < -0.3 is 10.2 Å². The fourth-order valence-corrected chi connectivity index (χ4v) is 4.03. The number of piperazine rings is 1. The lowest BCUT2D eigenvalue weighted by Gasteiger charge is -2.49. The molecule has 1 aromatic heterocycles. The van der Waals surface area contributed by atoms with Gasteiger partial charge in [-0.2, -0.15) is 5.10 Å². The van der Waals surface area contributed by atoms with Crippen LogP contribution >= 0.6 is 11.6 Å². The highest BCUT2D eigenvalue weighted by molar-refractivity contribution is 6.34. The Morgan fingerprint density at radius 2 is 2.04 bits per heavy atom. The molecule has 1 atom stereocenters. The Hall–Kier alpha value is -1.60. The maximum Gasteiger partial charge on any atom is 0.273 e. The van der Waals surface area contributed by atoms with Crippen LogP contribution in [0.5, 0.6) is 0 Å². The van der Waals surface area contributed by atoms with Crippen molar-refractivity contribution in [2.24, 2.45) is 7.05 Å². The number of hydrogen-bond donors (Lipinski definition) is 1. The SMILES string of the molecule is Cc1nn(C)c(C(=O)N2CCN(C)[C@@]3(CCNC(=O)CC3)C2)c1Cl. The fraction of sp³-hybridized carbons (Fsp3) is 0.688. The quantitative estimate of drug-likeness (QED) is 0.811. The van der Waals surface area contributed by atoms with Gasteiger partial charge in [0.05, 0.1) is 10.7 Å². The molecule has 7 nitrogen and oxygen atoms in total. The molecule has 0 unspecified atom stereocenters. The number of carbonyl (C=O) groups excluding carboxylic acids is 2.